The Morgan fingerprint density at radius 3 is 2.45 bits per heavy atom. The van der Waals surface area contributed by atoms with Gasteiger partial charge in [0, 0.05) is 11.5 Å². The number of benzene rings is 1. The van der Waals surface area contributed by atoms with E-state index in [1.807, 2.05) is 0 Å². The van der Waals surface area contributed by atoms with Crippen molar-refractivity contribution in [3.8, 4) is 0 Å². The normalized spacial score (nSPS) is 28.9. The summed E-state index contributed by atoms with van der Waals surface area (Å²) < 4.78 is 37.9. The lowest BCUT2D eigenvalue weighted by atomic mass is 9.82. The van der Waals surface area contributed by atoms with Crippen LogP contribution < -0.4 is 0 Å². The van der Waals surface area contributed by atoms with Gasteiger partial charge in [-0.1, -0.05) is 12.5 Å². The van der Waals surface area contributed by atoms with E-state index in [1.54, 1.807) is 6.92 Å². The fourth-order valence-electron chi connectivity index (χ4n) is 3.88. The molecule has 1 aromatic carbocycles. The molecule has 2 aliphatic rings. The van der Waals surface area contributed by atoms with Gasteiger partial charge in [0.05, 0.1) is 5.56 Å². The molecule has 0 aliphatic heterocycles. The quantitative estimate of drug-likeness (QED) is 0.723. The lowest BCUT2D eigenvalue weighted by Gasteiger charge is -2.21. The van der Waals surface area contributed by atoms with Gasteiger partial charge >= 0.3 is 6.18 Å². The number of carbonyl (C=O) groups excluding carboxylic acids is 1. The molecule has 1 aromatic rings. The van der Waals surface area contributed by atoms with Crippen molar-refractivity contribution >= 4 is 5.78 Å². The number of aryl methyl sites for hydroxylation is 1. The highest BCUT2D eigenvalue weighted by molar-refractivity contribution is 5.99. The molecule has 3 rings (SSSR count). The monoisotopic (exact) mass is 282 g/mol. The summed E-state index contributed by atoms with van der Waals surface area (Å²) >= 11 is 0. The Morgan fingerprint density at radius 2 is 1.95 bits per heavy atom. The van der Waals surface area contributed by atoms with E-state index < -0.39 is 11.7 Å². The van der Waals surface area contributed by atoms with Gasteiger partial charge in [0.2, 0.25) is 0 Å². The van der Waals surface area contributed by atoms with Crippen LogP contribution in [-0.4, -0.2) is 5.78 Å². The smallest absolute Gasteiger partial charge is 0.294 e. The number of rotatable bonds is 2. The maximum Gasteiger partial charge on any atom is 0.416 e. The third-order valence-corrected chi connectivity index (χ3v) is 4.89. The van der Waals surface area contributed by atoms with Gasteiger partial charge in [-0.2, -0.15) is 13.2 Å². The van der Waals surface area contributed by atoms with Gasteiger partial charge < -0.3 is 0 Å². The van der Waals surface area contributed by atoms with Crippen molar-refractivity contribution in [3.05, 3.63) is 34.9 Å². The van der Waals surface area contributed by atoms with Crippen LogP contribution in [0.2, 0.25) is 0 Å². The molecule has 0 spiro atoms. The first kappa shape index (κ1) is 13.7. The molecule has 20 heavy (non-hydrogen) atoms. The first-order valence-electron chi connectivity index (χ1n) is 7.08. The van der Waals surface area contributed by atoms with Crippen molar-refractivity contribution in [2.75, 3.05) is 0 Å². The number of hydrogen-bond acceptors (Lipinski definition) is 1. The molecule has 3 unspecified atom stereocenters. The number of carbonyl (C=O) groups is 1. The fraction of sp³-hybridized carbons (Fsp3) is 0.562. The van der Waals surface area contributed by atoms with Crippen molar-refractivity contribution in [1.82, 2.24) is 0 Å². The number of Topliss-reactive ketones (excluding diaryl/α,β-unsaturated/α-hetero) is 1. The highest BCUT2D eigenvalue weighted by Crippen LogP contribution is 2.49. The van der Waals surface area contributed by atoms with E-state index in [0.717, 1.165) is 31.4 Å². The van der Waals surface area contributed by atoms with Gasteiger partial charge in [-0.15, -0.1) is 0 Å². The molecule has 1 nitrogen and oxygen atoms in total. The zero-order valence-corrected chi connectivity index (χ0v) is 11.3. The third-order valence-electron chi connectivity index (χ3n) is 4.89. The van der Waals surface area contributed by atoms with Crippen molar-refractivity contribution in [1.29, 1.82) is 0 Å². The van der Waals surface area contributed by atoms with Crippen LogP contribution in [0.5, 0.6) is 0 Å². The second-order valence-electron chi connectivity index (χ2n) is 6.17. The molecule has 2 bridgehead atoms. The first-order valence-corrected chi connectivity index (χ1v) is 7.08. The number of hydrogen-bond donors (Lipinski definition) is 0. The molecule has 4 heteroatoms. The highest BCUT2D eigenvalue weighted by atomic mass is 19.4. The Kier molecular flexibility index (Phi) is 3.14. The van der Waals surface area contributed by atoms with Crippen LogP contribution in [0.25, 0.3) is 0 Å². The Bertz CT molecular complexity index is 547. The van der Waals surface area contributed by atoms with Crippen LogP contribution in [0.15, 0.2) is 18.2 Å². The van der Waals surface area contributed by atoms with E-state index in [2.05, 4.69) is 0 Å². The van der Waals surface area contributed by atoms with Crippen molar-refractivity contribution < 1.29 is 18.0 Å². The maximum atomic E-state index is 12.6. The second kappa shape index (κ2) is 4.61. The summed E-state index contributed by atoms with van der Waals surface area (Å²) in [5.41, 5.74) is 0.225. The van der Waals surface area contributed by atoms with Gasteiger partial charge in [0.25, 0.3) is 0 Å². The summed E-state index contributed by atoms with van der Waals surface area (Å²) in [6.07, 6.45) is 0.0000112. The molecule has 0 saturated heterocycles. The molecule has 2 fully saturated rings. The van der Waals surface area contributed by atoms with Gasteiger partial charge in [-0.25, -0.2) is 0 Å². The van der Waals surface area contributed by atoms with E-state index in [4.69, 9.17) is 0 Å². The summed E-state index contributed by atoms with van der Waals surface area (Å²) in [4.78, 5) is 12.5. The van der Waals surface area contributed by atoms with Crippen LogP contribution >= 0.6 is 0 Å². The fourth-order valence-corrected chi connectivity index (χ4v) is 3.88. The van der Waals surface area contributed by atoms with Crippen molar-refractivity contribution in [3.63, 3.8) is 0 Å². The number of ketones is 1. The summed E-state index contributed by atoms with van der Waals surface area (Å²) in [7, 11) is 0. The Hall–Kier alpha value is -1.32. The molecule has 2 aliphatic carbocycles. The standard InChI is InChI=1S/C16H17F3O/c1-9-6-12(16(17,18)19)4-5-13(9)15(20)14-8-10-2-3-11(14)7-10/h4-6,10-11,14H,2-3,7-8H2,1H3. The minimum atomic E-state index is -4.35. The molecule has 0 heterocycles. The molecular formula is C16H17F3O. The first-order chi connectivity index (χ1) is 9.36. The van der Waals surface area contributed by atoms with Gasteiger partial charge in [-0.3, -0.25) is 4.79 Å². The zero-order chi connectivity index (χ0) is 14.5. The SMILES string of the molecule is Cc1cc(C(F)(F)F)ccc1C(=O)C1CC2CCC1C2. The van der Waals surface area contributed by atoms with Crippen LogP contribution in [-0.2, 0) is 6.18 Å². The number of halogens is 3. The number of fused-ring (bicyclic) bond motifs is 2. The van der Waals surface area contributed by atoms with Crippen LogP contribution in [0.1, 0.15) is 47.2 Å². The van der Waals surface area contributed by atoms with Gasteiger partial charge in [-0.05, 0) is 55.7 Å². The average molecular weight is 282 g/mol. The molecule has 2 saturated carbocycles. The topological polar surface area (TPSA) is 17.1 Å². The minimum absolute atomic E-state index is 0.0317. The van der Waals surface area contributed by atoms with Crippen molar-refractivity contribution in [2.24, 2.45) is 17.8 Å². The molecule has 0 aromatic heterocycles. The second-order valence-corrected chi connectivity index (χ2v) is 6.17. The molecule has 0 N–H and O–H groups in total. The van der Waals surface area contributed by atoms with E-state index in [1.165, 1.54) is 12.5 Å². The molecule has 108 valence electrons. The summed E-state index contributed by atoms with van der Waals surface area (Å²) in [6.45, 7) is 1.59. The summed E-state index contributed by atoms with van der Waals surface area (Å²) in [6, 6.07) is 3.46. The Balaban J connectivity index is 1.85. The lowest BCUT2D eigenvalue weighted by molar-refractivity contribution is -0.137. The summed E-state index contributed by atoms with van der Waals surface area (Å²) in [5.74, 6) is 1.19. The maximum absolute atomic E-state index is 12.6. The molecule has 0 amide bonds. The molecular weight excluding hydrogens is 265 g/mol. The lowest BCUT2D eigenvalue weighted by Crippen LogP contribution is -2.22. The van der Waals surface area contributed by atoms with E-state index >= 15 is 0 Å². The van der Waals surface area contributed by atoms with Crippen molar-refractivity contribution in [2.45, 2.75) is 38.8 Å². The predicted octanol–water partition coefficient (Wildman–Crippen LogP) is 4.63. The predicted molar refractivity (Wildman–Crippen MR) is 69.4 cm³/mol. The van der Waals surface area contributed by atoms with E-state index in [9.17, 15) is 18.0 Å². The summed E-state index contributed by atoms with van der Waals surface area (Å²) in [5, 5.41) is 0. The van der Waals surface area contributed by atoms with Gasteiger partial charge in [0.15, 0.2) is 5.78 Å². The van der Waals surface area contributed by atoms with E-state index in [-0.39, 0.29) is 11.7 Å². The van der Waals surface area contributed by atoms with E-state index in [0.29, 0.717) is 23.0 Å². The van der Waals surface area contributed by atoms with Crippen LogP contribution in [0, 0.1) is 24.7 Å². The molecule has 0 radical (unpaired) electrons. The van der Waals surface area contributed by atoms with Gasteiger partial charge in [0.1, 0.15) is 0 Å². The number of alkyl halides is 3. The average Bonchev–Trinajstić information content (AvgIpc) is 2.99. The minimum Gasteiger partial charge on any atom is -0.294 e. The van der Waals surface area contributed by atoms with Crippen LogP contribution in [0.3, 0.4) is 0 Å². The highest BCUT2D eigenvalue weighted by Gasteiger charge is 2.43. The third kappa shape index (κ3) is 2.25. The zero-order valence-electron chi connectivity index (χ0n) is 11.3. The van der Waals surface area contributed by atoms with Crippen LogP contribution in [0.4, 0.5) is 13.2 Å². The largest absolute Gasteiger partial charge is 0.416 e. The molecule has 3 atom stereocenters. The Labute approximate surface area is 116 Å². The Morgan fingerprint density at radius 1 is 1.20 bits per heavy atom.